The minimum atomic E-state index is -0.0633. The molecule has 7 heteroatoms. The van der Waals surface area contributed by atoms with E-state index in [9.17, 15) is 9.59 Å². The molecule has 1 amide bonds. The maximum atomic E-state index is 12.9. The van der Waals surface area contributed by atoms with Gasteiger partial charge in [0, 0.05) is 31.5 Å². The first-order valence-corrected chi connectivity index (χ1v) is 11.8. The van der Waals surface area contributed by atoms with Crippen LogP contribution in [-0.4, -0.2) is 51.4 Å². The van der Waals surface area contributed by atoms with Crippen molar-refractivity contribution >= 4 is 17.2 Å². The summed E-state index contributed by atoms with van der Waals surface area (Å²) in [6.45, 7) is 3.16. The van der Waals surface area contributed by atoms with Crippen LogP contribution in [0.25, 0.3) is 0 Å². The van der Waals surface area contributed by atoms with Crippen molar-refractivity contribution in [3.05, 3.63) is 49.8 Å². The Kier molecular flexibility index (Phi) is 5.26. The van der Waals surface area contributed by atoms with Gasteiger partial charge in [0.05, 0.1) is 22.7 Å². The third-order valence-corrected chi connectivity index (χ3v) is 7.64. The molecule has 3 aliphatic rings. The minimum absolute atomic E-state index is 0.00797. The number of carbonyl (C=O) groups excluding carboxylic acids is 1. The highest BCUT2D eigenvalue weighted by molar-refractivity contribution is 7.12. The molecule has 6 nitrogen and oxygen atoms in total. The highest BCUT2D eigenvalue weighted by atomic mass is 32.1. The van der Waals surface area contributed by atoms with Crippen molar-refractivity contribution in [3.63, 3.8) is 0 Å². The number of H-pyrrole nitrogens is 1. The second-order valence-corrected chi connectivity index (χ2v) is 9.55. The molecule has 0 aromatic carbocycles. The maximum absolute atomic E-state index is 12.9. The minimum Gasteiger partial charge on any atom is -0.333 e. The number of amides is 1. The van der Waals surface area contributed by atoms with E-state index in [1.165, 1.54) is 50.0 Å². The lowest BCUT2D eigenvalue weighted by Gasteiger charge is -2.36. The molecule has 0 bridgehead atoms. The normalized spacial score (nSPS) is 23.3. The van der Waals surface area contributed by atoms with E-state index in [0.717, 1.165) is 35.4 Å². The molecular weight excluding hydrogens is 384 g/mol. The topological polar surface area (TPSA) is 69.3 Å². The number of rotatable bonds is 3. The smallest absolute Gasteiger partial charge is 0.264 e. The largest absolute Gasteiger partial charge is 0.333 e. The van der Waals surface area contributed by atoms with Crippen LogP contribution in [0.5, 0.6) is 0 Å². The maximum Gasteiger partial charge on any atom is 0.264 e. The number of thiophene rings is 1. The molecule has 2 aromatic rings. The number of hydrogen-bond donors (Lipinski definition) is 1. The third kappa shape index (κ3) is 3.78. The number of aromatic nitrogens is 2. The van der Waals surface area contributed by atoms with E-state index in [2.05, 4.69) is 9.88 Å². The summed E-state index contributed by atoms with van der Waals surface area (Å²) < 4.78 is 0. The number of piperidine rings is 1. The van der Waals surface area contributed by atoms with Crippen molar-refractivity contribution in [1.82, 2.24) is 19.8 Å². The van der Waals surface area contributed by atoms with Gasteiger partial charge < -0.3 is 9.88 Å². The summed E-state index contributed by atoms with van der Waals surface area (Å²) in [4.78, 5) is 38.6. The van der Waals surface area contributed by atoms with Gasteiger partial charge in [-0.05, 0) is 43.7 Å². The van der Waals surface area contributed by atoms with Crippen molar-refractivity contribution < 1.29 is 4.79 Å². The van der Waals surface area contributed by atoms with Crippen LogP contribution in [0.15, 0.2) is 22.3 Å². The molecule has 1 N–H and O–H groups in total. The van der Waals surface area contributed by atoms with Crippen LogP contribution in [0.4, 0.5) is 0 Å². The molecule has 2 aromatic heterocycles. The van der Waals surface area contributed by atoms with E-state index in [1.54, 1.807) is 4.90 Å². The van der Waals surface area contributed by atoms with Crippen molar-refractivity contribution in [2.24, 2.45) is 0 Å². The Bertz CT molecular complexity index is 933. The van der Waals surface area contributed by atoms with Gasteiger partial charge in [-0.2, -0.15) is 0 Å². The van der Waals surface area contributed by atoms with Crippen LogP contribution in [0, 0.1) is 0 Å². The third-order valence-electron chi connectivity index (χ3n) is 6.79. The average Bonchev–Trinajstić information content (AvgIpc) is 3.47. The van der Waals surface area contributed by atoms with Gasteiger partial charge in [-0.1, -0.05) is 18.9 Å². The zero-order valence-electron chi connectivity index (χ0n) is 16.7. The number of nitrogens with zero attached hydrogens (tertiary/aromatic N) is 3. The molecule has 1 unspecified atom stereocenters. The first kappa shape index (κ1) is 19.0. The molecule has 4 heterocycles. The summed E-state index contributed by atoms with van der Waals surface area (Å²) >= 11 is 1.44. The predicted molar refractivity (Wildman–Crippen MR) is 113 cm³/mol. The van der Waals surface area contributed by atoms with Crippen molar-refractivity contribution in [1.29, 1.82) is 0 Å². The summed E-state index contributed by atoms with van der Waals surface area (Å²) in [5, 5.41) is 1.91. The molecule has 2 aliphatic heterocycles. The van der Waals surface area contributed by atoms with Gasteiger partial charge in [-0.3, -0.25) is 14.5 Å². The molecular formula is C22H28N4O2S. The lowest BCUT2D eigenvalue weighted by Crippen LogP contribution is -2.42. The van der Waals surface area contributed by atoms with Gasteiger partial charge in [0.15, 0.2) is 0 Å². The molecule has 0 radical (unpaired) electrons. The summed E-state index contributed by atoms with van der Waals surface area (Å²) in [6.07, 6.45) is 8.24. The first-order valence-electron chi connectivity index (χ1n) is 10.9. The van der Waals surface area contributed by atoms with Crippen LogP contribution >= 0.6 is 11.3 Å². The number of carbonyl (C=O) groups is 1. The molecule has 154 valence electrons. The SMILES string of the molecule is O=C(c1cccs1)N1CCc2nc(C3CCCN(C4CCCC4)C3)[nH]c(=O)c2C1. The standard InChI is InChI=1S/C22H28N4O2S/c27-21-17-14-26(22(28)19-8-4-12-29-19)11-9-18(17)23-20(24-21)15-5-3-10-25(13-15)16-6-1-2-7-16/h4,8,12,15-16H,1-3,5-7,9-11,13-14H2,(H,23,24,27). The van der Waals surface area contributed by atoms with E-state index in [-0.39, 0.29) is 11.5 Å². The fourth-order valence-corrected chi connectivity index (χ4v) is 5.89. The van der Waals surface area contributed by atoms with Gasteiger partial charge in [0.1, 0.15) is 5.82 Å². The fourth-order valence-electron chi connectivity index (χ4n) is 5.20. The second-order valence-electron chi connectivity index (χ2n) is 8.60. The lowest BCUT2D eigenvalue weighted by molar-refractivity contribution is 0.0737. The van der Waals surface area contributed by atoms with Crippen LogP contribution in [0.3, 0.4) is 0 Å². The Morgan fingerprint density at radius 1 is 1.17 bits per heavy atom. The van der Waals surface area contributed by atoms with Crippen LogP contribution in [0.1, 0.15) is 71.2 Å². The van der Waals surface area contributed by atoms with Crippen molar-refractivity contribution in [2.45, 2.75) is 63.5 Å². The van der Waals surface area contributed by atoms with Crippen molar-refractivity contribution in [3.8, 4) is 0 Å². The Labute approximate surface area is 175 Å². The molecule has 2 fully saturated rings. The molecule has 0 spiro atoms. The van der Waals surface area contributed by atoms with Crippen LogP contribution < -0.4 is 5.56 Å². The predicted octanol–water partition coefficient (Wildman–Crippen LogP) is 3.15. The second kappa shape index (κ2) is 8.03. The highest BCUT2D eigenvalue weighted by Gasteiger charge is 2.31. The number of aromatic amines is 1. The fraction of sp³-hybridized carbons (Fsp3) is 0.591. The van der Waals surface area contributed by atoms with Gasteiger partial charge in [-0.15, -0.1) is 11.3 Å². The van der Waals surface area contributed by atoms with E-state index >= 15 is 0 Å². The van der Waals surface area contributed by atoms with Crippen molar-refractivity contribution in [2.75, 3.05) is 19.6 Å². The van der Waals surface area contributed by atoms with E-state index in [1.807, 2.05) is 17.5 Å². The van der Waals surface area contributed by atoms with Gasteiger partial charge in [0.25, 0.3) is 11.5 Å². The van der Waals surface area contributed by atoms with Crippen LogP contribution in [-0.2, 0) is 13.0 Å². The summed E-state index contributed by atoms with van der Waals surface area (Å²) in [5.74, 6) is 1.18. The number of hydrogen-bond acceptors (Lipinski definition) is 5. The Hall–Kier alpha value is -1.99. The number of fused-ring (bicyclic) bond motifs is 1. The summed E-state index contributed by atoms with van der Waals surface area (Å²) in [7, 11) is 0. The van der Waals surface area contributed by atoms with Gasteiger partial charge in [-0.25, -0.2) is 4.98 Å². The van der Waals surface area contributed by atoms with E-state index in [4.69, 9.17) is 4.98 Å². The molecule has 29 heavy (non-hydrogen) atoms. The van der Waals surface area contributed by atoms with E-state index < -0.39 is 0 Å². The van der Waals surface area contributed by atoms with Gasteiger partial charge >= 0.3 is 0 Å². The zero-order chi connectivity index (χ0) is 19.8. The number of likely N-dealkylation sites (tertiary alicyclic amines) is 1. The monoisotopic (exact) mass is 412 g/mol. The molecule has 1 saturated carbocycles. The molecule has 5 rings (SSSR count). The average molecular weight is 413 g/mol. The molecule has 1 saturated heterocycles. The van der Waals surface area contributed by atoms with Gasteiger partial charge in [0.2, 0.25) is 0 Å². The van der Waals surface area contributed by atoms with E-state index in [0.29, 0.717) is 31.0 Å². The Morgan fingerprint density at radius 2 is 2.03 bits per heavy atom. The molecule has 1 atom stereocenters. The Morgan fingerprint density at radius 3 is 2.83 bits per heavy atom. The first-order chi connectivity index (χ1) is 14.2. The highest BCUT2D eigenvalue weighted by Crippen LogP contribution is 2.31. The summed E-state index contributed by atoms with van der Waals surface area (Å²) in [5.41, 5.74) is 1.48. The lowest BCUT2D eigenvalue weighted by atomic mass is 9.95. The zero-order valence-corrected chi connectivity index (χ0v) is 17.5. The Balaban J connectivity index is 1.33. The quantitative estimate of drug-likeness (QED) is 0.841. The summed E-state index contributed by atoms with van der Waals surface area (Å²) in [6, 6.07) is 4.45. The molecule has 1 aliphatic carbocycles. The van der Waals surface area contributed by atoms with Crippen LogP contribution in [0.2, 0.25) is 0 Å². The number of nitrogens with one attached hydrogen (secondary N) is 1.